The van der Waals surface area contributed by atoms with E-state index in [1.54, 1.807) is 6.08 Å². The molecule has 1 atom stereocenters. The summed E-state index contributed by atoms with van der Waals surface area (Å²) in [5, 5.41) is 0. The van der Waals surface area contributed by atoms with Gasteiger partial charge in [0, 0.05) is 0 Å². The van der Waals surface area contributed by atoms with E-state index in [0.29, 0.717) is 24.4 Å². The van der Waals surface area contributed by atoms with Gasteiger partial charge in [-0.05, 0) is 31.6 Å². The predicted molar refractivity (Wildman–Crippen MR) is 77.1 cm³/mol. The number of allylic oxidation sites excluding steroid dienone is 2. The second kappa shape index (κ2) is 8.56. The largest absolute Gasteiger partial charge is 0.462 e. The highest BCUT2D eigenvalue weighted by Crippen LogP contribution is 2.24. The first-order chi connectivity index (χ1) is 9.60. The highest BCUT2D eigenvalue weighted by atomic mass is 16.5. The van der Waals surface area contributed by atoms with Crippen LogP contribution in [0, 0.1) is 5.92 Å². The van der Waals surface area contributed by atoms with Crippen molar-refractivity contribution in [3.8, 4) is 0 Å². The molecule has 0 fully saturated rings. The van der Waals surface area contributed by atoms with Crippen LogP contribution in [-0.4, -0.2) is 25.2 Å². The van der Waals surface area contributed by atoms with Crippen LogP contribution in [0.2, 0.25) is 0 Å². The summed E-state index contributed by atoms with van der Waals surface area (Å²) in [5.74, 6) is -0.618. The van der Waals surface area contributed by atoms with Crippen LogP contribution in [0.25, 0.3) is 0 Å². The van der Waals surface area contributed by atoms with Crippen molar-refractivity contribution >= 4 is 11.9 Å². The van der Waals surface area contributed by atoms with E-state index in [9.17, 15) is 9.59 Å². The maximum Gasteiger partial charge on any atom is 0.338 e. The minimum Gasteiger partial charge on any atom is -0.462 e. The summed E-state index contributed by atoms with van der Waals surface area (Å²) in [6.07, 6.45) is 6.81. The zero-order valence-corrected chi connectivity index (χ0v) is 12.6. The Labute approximate surface area is 120 Å². The molecule has 0 saturated carbocycles. The number of ether oxygens (including phenoxy) is 2. The fourth-order valence-electron chi connectivity index (χ4n) is 1.97. The van der Waals surface area contributed by atoms with Crippen molar-refractivity contribution in [3.05, 3.63) is 23.3 Å². The van der Waals surface area contributed by atoms with Crippen molar-refractivity contribution in [1.82, 2.24) is 0 Å². The van der Waals surface area contributed by atoms with E-state index < -0.39 is 11.9 Å². The third-order valence-electron chi connectivity index (χ3n) is 3.03. The quantitative estimate of drug-likeness (QED) is 0.701. The first kappa shape index (κ1) is 16.5. The molecule has 1 aliphatic carbocycles. The van der Waals surface area contributed by atoms with E-state index in [-0.39, 0.29) is 5.92 Å². The number of carbonyl (C=O) groups is 2. The van der Waals surface area contributed by atoms with Crippen LogP contribution in [0.15, 0.2) is 23.3 Å². The SMILES string of the molecule is CCCOC(=O)C1=CCCC(C)C=C1C(=O)OCCC. The van der Waals surface area contributed by atoms with E-state index in [2.05, 4.69) is 0 Å². The van der Waals surface area contributed by atoms with E-state index in [4.69, 9.17) is 9.47 Å². The average Bonchev–Trinajstić information content (AvgIpc) is 2.63. The van der Waals surface area contributed by atoms with Crippen molar-refractivity contribution in [2.75, 3.05) is 13.2 Å². The molecule has 0 heterocycles. The summed E-state index contributed by atoms with van der Waals surface area (Å²) >= 11 is 0. The minimum absolute atomic E-state index is 0.243. The summed E-state index contributed by atoms with van der Waals surface area (Å²) in [6.45, 7) is 6.62. The van der Waals surface area contributed by atoms with E-state index >= 15 is 0 Å². The molecule has 1 rings (SSSR count). The Bertz CT molecular complexity index is 407. The summed E-state index contributed by atoms with van der Waals surface area (Å²) in [7, 11) is 0. The van der Waals surface area contributed by atoms with Crippen LogP contribution in [0.5, 0.6) is 0 Å². The van der Waals surface area contributed by atoms with Gasteiger partial charge in [-0.2, -0.15) is 0 Å². The Balaban J connectivity index is 2.91. The Hall–Kier alpha value is -1.58. The molecule has 0 aliphatic heterocycles. The number of rotatable bonds is 6. The first-order valence-corrected chi connectivity index (χ1v) is 7.36. The Morgan fingerprint density at radius 3 is 2.20 bits per heavy atom. The van der Waals surface area contributed by atoms with E-state index in [1.165, 1.54) is 0 Å². The van der Waals surface area contributed by atoms with E-state index in [1.807, 2.05) is 26.8 Å². The van der Waals surface area contributed by atoms with Crippen molar-refractivity contribution < 1.29 is 19.1 Å². The van der Waals surface area contributed by atoms with Gasteiger partial charge in [0.05, 0.1) is 24.4 Å². The van der Waals surface area contributed by atoms with Gasteiger partial charge in [0.2, 0.25) is 0 Å². The van der Waals surface area contributed by atoms with Crippen LogP contribution in [0.1, 0.15) is 46.5 Å². The minimum atomic E-state index is -0.430. The van der Waals surface area contributed by atoms with Crippen LogP contribution < -0.4 is 0 Å². The molecule has 4 nitrogen and oxygen atoms in total. The molecular formula is C16H24O4. The molecule has 112 valence electrons. The van der Waals surface area contributed by atoms with Crippen molar-refractivity contribution in [2.24, 2.45) is 5.92 Å². The monoisotopic (exact) mass is 280 g/mol. The molecule has 0 amide bonds. The lowest BCUT2D eigenvalue weighted by atomic mass is 10.0. The number of hydrogen-bond acceptors (Lipinski definition) is 4. The molecule has 0 N–H and O–H groups in total. The first-order valence-electron chi connectivity index (χ1n) is 7.36. The Morgan fingerprint density at radius 1 is 1.10 bits per heavy atom. The van der Waals surface area contributed by atoms with Crippen LogP contribution in [-0.2, 0) is 19.1 Å². The average molecular weight is 280 g/mol. The Morgan fingerprint density at radius 2 is 1.65 bits per heavy atom. The molecule has 0 aromatic rings. The van der Waals surface area contributed by atoms with Gasteiger partial charge >= 0.3 is 11.9 Å². The molecule has 0 bridgehead atoms. The van der Waals surface area contributed by atoms with Crippen molar-refractivity contribution in [1.29, 1.82) is 0 Å². The molecule has 0 aromatic heterocycles. The van der Waals surface area contributed by atoms with E-state index in [0.717, 1.165) is 25.7 Å². The van der Waals surface area contributed by atoms with Crippen LogP contribution in [0.3, 0.4) is 0 Å². The van der Waals surface area contributed by atoms with Gasteiger partial charge in [-0.25, -0.2) is 9.59 Å². The lowest BCUT2D eigenvalue weighted by Crippen LogP contribution is -2.18. The maximum absolute atomic E-state index is 12.1. The highest BCUT2D eigenvalue weighted by Gasteiger charge is 2.25. The van der Waals surface area contributed by atoms with Crippen molar-refractivity contribution in [2.45, 2.75) is 46.5 Å². The fraction of sp³-hybridized carbons (Fsp3) is 0.625. The summed E-state index contributed by atoms with van der Waals surface area (Å²) in [5.41, 5.74) is 0.702. The number of hydrogen-bond donors (Lipinski definition) is 0. The topological polar surface area (TPSA) is 52.6 Å². The Kier molecular flexibility index (Phi) is 7.05. The third-order valence-corrected chi connectivity index (χ3v) is 3.03. The van der Waals surface area contributed by atoms with Gasteiger partial charge in [0.15, 0.2) is 0 Å². The van der Waals surface area contributed by atoms with Gasteiger partial charge < -0.3 is 9.47 Å². The number of esters is 2. The molecular weight excluding hydrogens is 256 g/mol. The highest BCUT2D eigenvalue weighted by molar-refractivity contribution is 6.07. The van der Waals surface area contributed by atoms with Gasteiger partial charge in [0.1, 0.15) is 0 Å². The number of carbonyl (C=O) groups excluding carboxylic acids is 2. The molecule has 4 heteroatoms. The molecule has 1 unspecified atom stereocenters. The smallest absolute Gasteiger partial charge is 0.338 e. The molecule has 0 saturated heterocycles. The summed E-state index contributed by atoms with van der Waals surface area (Å²) in [6, 6.07) is 0. The predicted octanol–water partition coefficient (Wildman–Crippen LogP) is 3.18. The zero-order valence-electron chi connectivity index (χ0n) is 12.6. The van der Waals surface area contributed by atoms with Gasteiger partial charge in [-0.15, -0.1) is 0 Å². The van der Waals surface area contributed by atoms with Crippen LogP contribution in [0.4, 0.5) is 0 Å². The van der Waals surface area contributed by atoms with Crippen LogP contribution >= 0.6 is 0 Å². The third kappa shape index (κ3) is 4.83. The fourth-order valence-corrected chi connectivity index (χ4v) is 1.97. The molecule has 20 heavy (non-hydrogen) atoms. The normalized spacial score (nSPS) is 18.6. The summed E-state index contributed by atoms with van der Waals surface area (Å²) < 4.78 is 10.3. The molecule has 0 spiro atoms. The molecule has 1 aliphatic rings. The second-order valence-corrected chi connectivity index (χ2v) is 5.02. The molecule has 0 radical (unpaired) electrons. The summed E-state index contributed by atoms with van der Waals surface area (Å²) in [4.78, 5) is 24.2. The van der Waals surface area contributed by atoms with Gasteiger partial charge in [-0.1, -0.05) is 32.9 Å². The van der Waals surface area contributed by atoms with Crippen molar-refractivity contribution in [3.63, 3.8) is 0 Å². The second-order valence-electron chi connectivity index (χ2n) is 5.02. The lowest BCUT2D eigenvalue weighted by molar-refractivity contribution is -0.142. The van der Waals surface area contributed by atoms with Gasteiger partial charge in [-0.3, -0.25) is 0 Å². The maximum atomic E-state index is 12.1. The standard InChI is InChI=1S/C16H24O4/c1-4-9-19-15(17)13-8-6-7-12(3)11-14(13)16(18)20-10-5-2/h8,11-12H,4-7,9-10H2,1-3H3. The lowest BCUT2D eigenvalue weighted by Gasteiger charge is -2.11. The van der Waals surface area contributed by atoms with Gasteiger partial charge in [0.25, 0.3) is 0 Å². The molecule has 0 aromatic carbocycles. The zero-order chi connectivity index (χ0) is 15.0.